The number of Topliss-reactive ketones (excluding diaryl/α,β-unsaturated/α-hetero) is 1. The number of carbonyl (C=O) groups is 2. The zero-order valence-electron chi connectivity index (χ0n) is 12.7. The fourth-order valence-corrected chi connectivity index (χ4v) is 3.98. The summed E-state index contributed by atoms with van der Waals surface area (Å²) in [5.74, 6) is 0.379. The number of ketones is 1. The molecule has 1 amide bonds. The highest BCUT2D eigenvalue weighted by Crippen LogP contribution is 2.43. The summed E-state index contributed by atoms with van der Waals surface area (Å²) < 4.78 is 5.30. The van der Waals surface area contributed by atoms with Crippen molar-refractivity contribution in [3.8, 4) is 0 Å². The molecule has 0 unspecified atom stereocenters. The first kappa shape index (κ1) is 14.6. The fourth-order valence-electron chi connectivity index (χ4n) is 2.70. The maximum absolute atomic E-state index is 12.5. The summed E-state index contributed by atoms with van der Waals surface area (Å²) in [4.78, 5) is 25.8. The number of aryl methyl sites for hydroxylation is 1. The number of fused-ring (bicyclic) bond motifs is 1. The molecule has 0 saturated heterocycles. The second-order valence-electron chi connectivity index (χ2n) is 6.83. The Hall–Kier alpha value is -1.36. The molecule has 21 heavy (non-hydrogen) atoms. The molecule has 0 spiro atoms. The Morgan fingerprint density at radius 2 is 1.95 bits per heavy atom. The number of ether oxygens (including phenoxy) is 1. The monoisotopic (exact) mass is 307 g/mol. The summed E-state index contributed by atoms with van der Waals surface area (Å²) >= 11 is 1.54. The lowest BCUT2D eigenvalue weighted by atomic mass is 10.0. The molecular formula is C16H21NO3S. The van der Waals surface area contributed by atoms with Gasteiger partial charge >= 0.3 is 6.09 Å². The predicted octanol–water partition coefficient (Wildman–Crippen LogP) is 4.18. The van der Waals surface area contributed by atoms with Crippen molar-refractivity contribution in [3.05, 3.63) is 16.0 Å². The molecule has 3 rings (SSSR count). The third-order valence-corrected chi connectivity index (χ3v) is 4.94. The highest BCUT2D eigenvalue weighted by Gasteiger charge is 2.36. The van der Waals surface area contributed by atoms with Gasteiger partial charge in [-0.3, -0.25) is 10.1 Å². The first-order valence-electron chi connectivity index (χ1n) is 7.54. The van der Waals surface area contributed by atoms with E-state index in [4.69, 9.17) is 4.74 Å². The first-order valence-corrected chi connectivity index (χ1v) is 8.35. The third-order valence-electron chi connectivity index (χ3n) is 3.73. The fraction of sp³-hybridized carbons (Fsp3) is 0.625. The molecule has 2 aliphatic rings. The molecule has 4 nitrogen and oxygen atoms in total. The molecule has 0 bridgehead atoms. The summed E-state index contributed by atoms with van der Waals surface area (Å²) in [6, 6.07) is 0. The van der Waals surface area contributed by atoms with Gasteiger partial charge in [0.15, 0.2) is 5.78 Å². The average Bonchev–Trinajstić information content (AvgIpc) is 3.00. The van der Waals surface area contributed by atoms with Crippen LogP contribution in [0, 0.1) is 5.92 Å². The van der Waals surface area contributed by atoms with E-state index in [0.29, 0.717) is 5.00 Å². The Morgan fingerprint density at radius 3 is 2.57 bits per heavy atom. The van der Waals surface area contributed by atoms with E-state index in [-0.39, 0.29) is 11.7 Å². The highest BCUT2D eigenvalue weighted by atomic mass is 32.1. The van der Waals surface area contributed by atoms with Crippen molar-refractivity contribution in [1.29, 1.82) is 0 Å². The quantitative estimate of drug-likeness (QED) is 0.852. The van der Waals surface area contributed by atoms with Crippen LogP contribution in [-0.2, 0) is 17.6 Å². The minimum absolute atomic E-state index is 0.170. The van der Waals surface area contributed by atoms with Crippen LogP contribution in [0.4, 0.5) is 9.80 Å². The van der Waals surface area contributed by atoms with Crippen molar-refractivity contribution >= 4 is 28.2 Å². The molecule has 1 aromatic heterocycles. The molecular weight excluding hydrogens is 286 g/mol. The Balaban J connectivity index is 1.85. The highest BCUT2D eigenvalue weighted by molar-refractivity contribution is 7.17. The first-order chi connectivity index (χ1) is 9.85. The number of amides is 1. The normalized spacial score (nSPS) is 17.5. The van der Waals surface area contributed by atoms with Gasteiger partial charge in [0.1, 0.15) is 10.6 Å². The van der Waals surface area contributed by atoms with E-state index in [9.17, 15) is 9.59 Å². The topological polar surface area (TPSA) is 55.4 Å². The molecule has 0 aromatic carbocycles. The number of carbonyl (C=O) groups excluding carboxylic acids is 2. The zero-order chi connectivity index (χ0) is 15.2. The van der Waals surface area contributed by atoms with E-state index in [1.807, 2.05) is 20.8 Å². The van der Waals surface area contributed by atoms with Crippen LogP contribution in [0.5, 0.6) is 0 Å². The molecule has 1 aromatic rings. The van der Waals surface area contributed by atoms with E-state index >= 15 is 0 Å². The van der Waals surface area contributed by atoms with Crippen LogP contribution in [0.25, 0.3) is 0 Å². The molecule has 1 fully saturated rings. The maximum Gasteiger partial charge on any atom is 0.412 e. The Labute approximate surface area is 128 Å². The van der Waals surface area contributed by atoms with Gasteiger partial charge < -0.3 is 4.74 Å². The van der Waals surface area contributed by atoms with Gasteiger partial charge in [-0.15, -0.1) is 11.3 Å². The molecule has 1 saturated carbocycles. The number of nitrogens with one attached hydrogen (secondary N) is 1. The SMILES string of the molecule is CC(C)(C)OC(=O)Nc1sc2c(c1C(=O)C1CC1)CCC2. The third kappa shape index (κ3) is 3.12. The van der Waals surface area contributed by atoms with E-state index < -0.39 is 11.7 Å². The number of hydrogen-bond donors (Lipinski definition) is 1. The largest absolute Gasteiger partial charge is 0.444 e. The molecule has 114 valence electrons. The number of rotatable bonds is 3. The average molecular weight is 307 g/mol. The standard InChI is InChI=1S/C16H21NO3S/c1-16(2,3)20-15(19)17-14-12(13(18)9-7-8-9)10-5-4-6-11(10)21-14/h9H,4-8H2,1-3H3,(H,17,19). The molecule has 0 radical (unpaired) electrons. The van der Waals surface area contributed by atoms with Crippen molar-refractivity contribution in [1.82, 2.24) is 0 Å². The van der Waals surface area contributed by atoms with Crippen LogP contribution in [-0.4, -0.2) is 17.5 Å². The van der Waals surface area contributed by atoms with Crippen LogP contribution in [0.15, 0.2) is 0 Å². The molecule has 0 aliphatic heterocycles. The summed E-state index contributed by atoms with van der Waals surface area (Å²) in [7, 11) is 0. The van der Waals surface area contributed by atoms with E-state index in [1.165, 1.54) is 10.4 Å². The molecule has 1 N–H and O–H groups in total. The van der Waals surface area contributed by atoms with Gasteiger partial charge in [0.2, 0.25) is 0 Å². The van der Waals surface area contributed by atoms with Crippen LogP contribution in [0.3, 0.4) is 0 Å². The van der Waals surface area contributed by atoms with Crippen LogP contribution >= 0.6 is 11.3 Å². The minimum atomic E-state index is -0.537. The maximum atomic E-state index is 12.5. The van der Waals surface area contributed by atoms with Crippen molar-refractivity contribution in [2.75, 3.05) is 5.32 Å². The van der Waals surface area contributed by atoms with Gasteiger partial charge in [0.05, 0.1) is 5.56 Å². The molecule has 1 heterocycles. The van der Waals surface area contributed by atoms with Gasteiger partial charge in [-0.25, -0.2) is 4.79 Å². The second kappa shape index (κ2) is 5.13. The van der Waals surface area contributed by atoms with Gasteiger partial charge in [0.25, 0.3) is 0 Å². The summed E-state index contributed by atoms with van der Waals surface area (Å²) in [6.45, 7) is 5.49. The summed E-state index contributed by atoms with van der Waals surface area (Å²) in [5.41, 5.74) is 1.40. The Bertz CT molecular complexity index is 593. The lowest BCUT2D eigenvalue weighted by molar-refractivity contribution is 0.0636. The predicted molar refractivity (Wildman–Crippen MR) is 83.3 cm³/mol. The van der Waals surface area contributed by atoms with E-state index in [1.54, 1.807) is 11.3 Å². The Morgan fingerprint density at radius 1 is 1.24 bits per heavy atom. The second-order valence-corrected chi connectivity index (χ2v) is 7.93. The van der Waals surface area contributed by atoms with Crippen molar-refractivity contribution in [3.63, 3.8) is 0 Å². The molecule has 2 aliphatic carbocycles. The van der Waals surface area contributed by atoms with Crippen LogP contribution in [0.1, 0.15) is 60.8 Å². The van der Waals surface area contributed by atoms with Gasteiger partial charge in [-0.05, 0) is 58.4 Å². The lowest BCUT2D eigenvalue weighted by Gasteiger charge is -2.19. The zero-order valence-corrected chi connectivity index (χ0v) is 13.6. The lowest BCUT2D eigenvalue weighted by Crippen LogP contribution is -2.27. The smallest absolute Gasteiger partial charge is 0.412 e. The van der Waals surface area contributed by atoms with Crippen molar-refractivity contribution < 1.29 is 14.3 Å². The van der Waals surface area contributed by atoms with Crippen molar-refractivity contribution in [2.45, 2.75) is 58.5 Å². The minimum Gasteiger partial charge on any atom is -0.444 e. The Kier molecular flexibility index (Phi) is 3.56. The van der Waals surface area contributed by atoms with Gasteiger partial charge in [-0.2, -0.15) is 0 Å². The summed E-state index contributed by atoms with van der Waals surface area (Å²) in [5, 5.41) is 3.48. The molecule has 5 heteroatoms. The molecule has 0 atom stereocenters. The van der Waals surface area contributed by atoms with E-state index in [0.717, 1.165) is 37.7 Å². The van der Waals surface area contributed by atoms with Crippen LogP contribution in [0.2, 0.25) is 0 Å². The summed E-state index contributed by atoms with van der Waals surface area (Å²) in [6.07, 6.45) is 4.56. The van der Waals surface area contributed by atoms with Crippen LogP contribution < -0.4 is 5.32 Å². The number of thiophene rings is 1. The van der Waals surface area contributed by atoms with Crippen molar-refractivity contribution in [2.24, 2.45) is 5.92 Å². The number of hydrogen-bond acceptors (Lipinski definition) is 4. The van der Waals surface area contributed by atoms with Gasteiger partial charge in [0, 0.05) is 10.8 Å². The van der Waals surface area contributed by atoms with E-state index in [2.05, 4.69) is 5.32 Å². The van der Waals surface area contributed by atoms with Gasteiger partial charge in [-0.1, -0.05) is 0 Å². The number of anilines is 1.